The highest BCUT2D eigenvalue weighted by Crippen LogP contribution is 2.38. The van der Waals surface area contributed by atoms with Crippen molar-refractivity contribution in [3.63, 3.8) is 0 Å². The third-order valence-corrected chi connectivity index (χ3v) is 3.38. The van der Waals surface area contributed by atoms with Gasteiger partial charge in [-0.25, -0.2) is 0 Å². The molecule has 0 heterocycles. The summed E-state index contributed by atoms with van der Waals surface area (Å²) < 4.78 is 0. The van der Waals surface area contributed by atoms with Crippen LogP contribution >= 0.6 is 0 Å². The molecule has 12 heavy (non-hydrogen) atoms. The lowest BCUT2D eigenvalue weighted by Crippen LogP contribution is -2.08. The monoisotopic (exact) mass is 162 g/mol. The Hall–Kier alpha value is -0.520. The van der Waals surface area contributed by atoms with Gasteiger partial charge >= 0.3 is 0 Å². The predicted octanol–water partition coefficient (Wildman–Crippen LogP) is 3.70. The zero-order chi connectivity index (χ0) is 8.39. The summed E-state index contributed by atoms with van der Waals surface area (Å²) in [4.78, 5) is 0. The standard InChI is InChI=1S/C12H18/c1-10-6-5-9-12(10)11-7-3-2-4-8-11/h2-3,7,10,12H,4-6,8-9H2,1H3. The minimum atomic E-state index is 0.926. The number of allylic oxidation sites excluding steroid dienone is 4. The van der Waals surface area contributed by atoms with E-state index in [1.165, 1.54) is 32.1 Å². The first kappa shape index (κ1) is 8.10. The second-order valence-electron chi connectivity index (χ2n) is 4.22. The molecule has 1 fully saturated rings. The van der Waals surface area contributed by atoms with E-state index in [2.05, 4.69) is 25.2 Å². The summed E-state index contributed by atoms with van der Waals surface area (Å²) >= 11 is 0. The molecule has 2 aliphatic carbocycles. The van der Waals surface area contributed by atoms with E-state index in [1.54, 1.807) is 5.57 Å². The molecule has 0 aromatic carbocycles. The summed E-state index contributed by atoms with van der Waals surface area (Å²) in [5.41, 5.74) is 1.72. The van der Waals surface area contributed by atoms with Gasteiger partial charge in [0.15, 0.2) is 0 Å². The van der Waals surface area contributed by atoms with E-state index in [-0.39, 0.29) is 0 Å². The highest BCUT2D eigenvalue weighted by atomic mass is 14.3. The number of rotatable bonds is 1. The van der Waals surface area contributed by atoms with Crippen LogP contribution in [0.1, 0.15) is 39.0 Å². The molecule has 0 aromatic heterocycles. The van der Waals surface area contributed by atoms with E-state index in [0.29, 0.717) is 0 Å². The molecule has 0 amide bonds. The second kappa shape index (κ2) is 3.47. The summed E-state index contributed by atoms with van der Waals surface area (Å²) in [5.74, 6) is 1.87. The van der Waals surface area contributed by atoms with Gasteiger partial charge in [0.05, 0.1) is 0 Å². The molecule has 0 heteroatoms. The van der Waals surface area contributed by atoms with Crippen molar-refractivity contribution in [2.75, 3.05) is 0 Å². The Morgan fingerprint density at radius 3 is 2.83 bits per heavy atom. The van der Waals surface area contributed by atoms with Crippen molar-refractivity contribution in [2.24, 2.45) is 11.8 Å². The summed E-state index contributed by atoms with van der Waals surface area (Å²) in [5, 5.41) is 0. The maximum absolute atomic E-state index is 2.41. The highest BCUT2D eigenvalue weighted by Gasteiger charge is 2.26. The van der Waals surface area contributed by atoms with Crippen molar-refractivity contribution in [1.29, 1.82) is 0 Å². The number of hydrogen-bond acceptors (Lipinski definition) is 0. The van der Waals surface area contributed by atoms with E-state index in [1.807, 2.05) is 0 Å². The molecule has 0 aromatic rings. The van der Waals surface area contributed by atoms with Crippen molar-refractivity contribution in [2.45, 2.75) is 39.0 Å². The summed E-state index contributed by atoms with van der Waals surface area (Å²) in [7, 11) is 0. The Bertz CT molecular complexity index is 210. The van der Waals surface area contributed by atoms with E-state index in [0.717, 1.165) is 11.8 Å². The van der Waals surface area contributed by atoms with Gasteiger partial charge in [-0.15, -0.1) is 0 Å². The third kappa shape index (κ3) is 1.48. The Balaban J connectivity index is 2.07. The maximum Gasteiger partial charge on any atom is -0.0174 e. The molecule has 0 radical (unpaired) electrons. The predicted molar refractivity (Wildman–Crippen MR) is 53.0 cm³/mol. The lowest BCUT2D eigenvalue weighted by Gasteiger charge is -2.20. The van der Waals surface area contributed by atoms with Gasteiger partial charge in [0.1, 0.15) is 0 Å². The Kier molecular flexibility index (Phi) is 2.34. The molecule has 2 rings (SSSR count). The molecular formula is C12H18. The average Bonchev–Trinajstić information content (AvgIpc) is 2.53. The van der Waals surface area contributed by atoms with Gasteiger partial charge in [-0.1, -0.05) is 43.6 Å². The Labute approximate surface area is 75.4 Å². The average molecular weight is 162 g/mol. The minimum Gasteiger partial charge on any atom is -0.0842 e. The molecule has 2 aliphatic rings. The van der Waals surface area contributed by atoms with Crippen LogP contribution in [0.2, 0.25) is 0 Å². The first-order valence-corrected chi connectivity index (χ1v) is 5.23. The van der Waals surface area contributed by atoms with Gasteiger partial charge in [-0.05, 0) is 31.1 Å². The van der Waals surface area contributed by atoms with Crippen molar-refractivity contribution in [3.05, 3.63) is 23.8 Å². The normalized spacial score (nSPS) is 35.2. The SMILES string of the molecule is CC1CCCC1C1=CC=CCC1. The first-order chi connectivity index (χ1) is 5.88. The molecule has 0 spiro atoms. The Morgan fingerprint density at radius 2 is 2.25 bits per heavy atom. The van der Waals surface area contributed by atoms with Crippen LogP contribution in [-0.2, 0) is 0 Å². The van der Waals surface area contributed by atoms with Crippen molar-refractivity contribution in [3.8, 4) is 0 Å². The van der Waals surface area contributed by atoms with Crippen molar-refractivity contribution in [1.82, 2.24) is 0 Å². The zero-order valence-corrected chi connectivity index (χ0v) is 7.92. The van der Waals surface area contributed by atoms with Gasteiger partial charge in [-0.2, -0.15) is 0 Å². The fourth-order valence-electron chi connectivity index (χ4n) is 2.63. The molecule has 66 valence electrons. The molecule has 2 atom stereocenters. The topological polar surface area (TPSA) is 0 Å². The molecule has 0 aliphatic heterocycles. The van der Waals surface area contributed by atoms with Crippen LogP contribution in [0.25, 0.3) is 0 Å². The van der Waals surface area contributed by atoms with Crippen LogP contribution in [-0.4, -0.2) is 0 Å². The van der Waals surface area contributed by atoms with E-state index in [4.69, 9.17) is 0 Å². The molecule has 0 N–H and O–H groups in total. The third-order valence-electron chi connectivity index (χ3n) is 3.38. The van der Waals surface area contributed by atoms with Crippen LogP contribution in [0.4, 0.5) is 0 Å². The van der Waals surface area contributed by atoms with Crippen LogP contribution < -0.4 is 0 Å². The quantitative estimate of drug-likeness (QED) is 0.551. The van der Waals surface area contributed by atoms with Gasteiger partial charge in [0.25, 0.3) is 0 Å². The minimum absolute atomic E-state index is 0.926. The maximum atomic E-state index is 2.41. The van der Waals surface area contributed by atoms with Gasteiger partial charge in [0, 0.05) is 0 Å². The molecule has 0 saturated heterocycles. The smallest absolute Gasteiger partial charge is 0.0174 e. The van der Waals surface area contributed by atoms with Crippen LogP contribution in [0, 0.1) is 11.8 Å². The highest BCUT2D eigenvalue weighted by molar-refractivity contribution is 5.21. The van der Waals surface area contributed by atoms with Crippen LogP contribution in [0.5, 0.6) is 0 Å². The fraction of sp³-hybridized carbons (Fsp3) is 0.667. The zero-order valence-electron chi connectivity index (χ0n) is 7.92. The number of hydrogen-bond donors (Lipinski definition) is 0. The fourth-order valence-corrected chi connectivity index (χ4v) is 2.63. The molecule has 1 saturated carbocycles. The molecule has 0 bridgehead atoms. The second-order valence-corrected chi connectivity index (χ2v) is 4.22. The summed E-state index contributed by atoms with van der Waals surface area (Å²) in [6, 6.07) is 0. The van der Waals surface area contributed by atoms with Crippen molar-refractivity contribution < 1.29 is 0 Å². The molecule has 2 unspecified atom stereocenters. The summed E-state index contributed by atoms with van der Waals surface area (Å²) in [6.07, 6.45) is 13.8. The van der Waals surface area contributed by atoms with Crippen LogP contribution in [0.15, 0.2) is 23.8 Å². The van der Waals surface area contributed by atoms with E-state index in [9.17, 15) is 0 Å². The van der Waals surface area contributed by atoms with E-state index < -0.39 is 0 Å². The van der Waals surface area contributed by atoms with Gasteiger partial charge < -0.3 is 0 Å². The molecule has 0 nitrogen and oxygen atoms in total. The lowest BCUT2D eigenvalue weighted by atomic mass is 9.85. The molecular weight excluding hydrogens is 144 g/mol. The van der Waals surface area contributed by atoms with Gasteiger partial charge in [0.2, 0.25) is 0 Å². The first-order valence-electron chi connectivity index (χ1n) is 5.23. The van der Waals surface area contributed by atoms with Gasteiger partial charge in [-0.3, -0.25) is 0 Å². The summed E-state index contributed by atoms with van der Waals surface area (Å²) in [6.45, 7) is 2.41. The Morgan fingerprint density at radius 1 is 1.33 bits per heavy atom. The van der Waals surface area contributed by atoms with E-state index >= 15 is 0 Å². The largest absolute Gasteiger partial charge is 0.0842 e. The van der Waals surface area contributed by atoms with Crippen LogP contribution in [0.3, 0.4) is 0 Å². The lowest BCUT2D eigenvalue weighted by molar-refractivity contribution is 0.466. The van der Waals surface area contributed by atoms with Crippen molar-refractivity contribution >= 4 is 0 Å².